The molecule has 104 valence electrons. The van der Waals surface area contributed by atoms with Gasteiger partial charge >= 0.3 is 0 Å². The molecule has 0 atom stereocenters. The number of carbonyl (C=O) groups is 2. The number of rotatable bonds is 6. The van der Waals surface area contributed by atoms with Gasteiger partial charge in [-0.05, 0) is 38.5 Å². The molecule has 1 aromatic carbocycles. The third-order valence-electron chi connectivity index (χ3n) is 2.50. The first-order chi connectivity index (χ1) is 8.90. The zero-order valence-corrected chi connectivity index (χ0v) is 11.0. The minimum Gasteiger partial charge on any atom is -0.354 e. The second-order valence-electron chi connectivity index (χ2n) is 4.63. The normalized spacial score (nSPS) is 10.6. The van der Waals surface area contributed by atoms with Crippen LogP contribution in [-0.2, 0) is 4.79 Å². The highest BCUT2D eigenvalue weighted by molar-refractivity contribution is 5.96. The van der Waals surface area contributed by atoms with Crippen molar-refractivity contribution in [1.29, 1.82) is 0 Å². The Hall–Kier alpha value is -1.78. The molecule has 0 heterocycles. The minimum absolute atomic E-state index is 0.0643. The Balaban J connectivity index is 2.43. The summed E-state index contributed by atoms with van der Waals surface area (Å²) < 4.78 is 25.6. The molecule has 19 heavy (non-hydrogen) atoms. The van der Waals surface area contributed by atoms with Crippen molar-refractivity contribution in [2.75, 3.05) is 0 Å². The molecule has 0 aromatic heterocycles. The van der Waals surface area contributed by atoms with E-state index in [-0.39, 0.29) is 36.1 Å². The van der Waals surface area contributed by atoms with Gasteiger partial charge in [0.1, 0.15) is 0 Å². The van der Waals surface area contributed by atoms with Crippen LogP contribution in [0.5, 0.6) is 0 Å². The summed E-state index contributed by atoms with van der Waals surface area (Å²) in [7, 11) is 0. The second-order valence-corrected chi connectivity index (χ2v) is 4.63. The maximum absolute atomic E-state index is 12.9. The van der Waals surface area contributed by atoms with Crippen molar-refractivity contribution in [3.63, 3.8) is 0 Å². The number of Topliss-reactive ketones (excluding diaryl/α,β-unsaturated/α-hetero) is 1. The lowest BCUT2D eigenvalue weighted by molar-refractivity contribution is -0.121. The van der Waals surface area contributed by atoms with E-state index in [1.807, 2.05) is 13.8 Å². The molecule has 0 bridgehead atoms. The van der Waals surface area contributed by atoms with E-state index < -0.39 is 11.6 Å². The number of carbonyl (C=O) groups excluding carboxylic acids is 2. The molecule has 1 N–H and O–H groups in total. The number of halogens is 2. The molecule has 5 heteroatoms. The third-order valence-corrected chi connectivity index (χ3v) is 2.50. The SMILES string of the molecule is CC(C)NC(=O)CCCC(=O)c1ccc(F)c(F)c1. The van der Waals surface area contributed by atoms with E-state index in [4.69, 9.17) is 0 Å². The summed E-state index contributed by atoms with van der Waals surface area (Å²) in [5.41, 5.74) is 0.128. The van der Waals surface area contributed by atoms with Gasteiger partial charge in [0.2, 0.25) is 5.91 Å². The van der Waals surface area contributed by atoms with Gasteiger partial charge in [-0.1, -0.05) is 0 Å². The Bertz CT molecular complexity index is 473. The van der Waals surface area contributed by atoms with Gasteiger partial charge in [-0.15, -0.1) is 0 Å². The molecule has 0 saturated heterocycles. The minimum atomic E-state index is -1.04. The summed E-state index contributed by atoms with van der Waals surface area (Å²) >= 11 is 0. The largest absolute Gasteiger partial charge is 0.354 e. The van der Waals surface area contributed by atoms with E-state index in [2.05, 4.69) is 5.32 Å². The number of nitrogens with one attached hydrogen (secondary N) is 1. The van der Waals surface area contributed by atoms with Gasteiger partial charge in [0.05, 0.1) is 0 Å². The molecule has 0 spiro atoms. The molecule has 3 nitrogen and oxygen atoms in total. The molecule has 0 aliphatic rings. The summed E-state index contributed by atoms with van der Waals surface area (Å²) in [6.07, 6.45) is 0.764. The fourth-order valence-electron chi connectivity index (χ4n) is 1.62. The third kappa shape index (κ3) is 5.16. The first kappa shape index (κ1) is 15.3. The molecule has 0 aliphatic heterocycles. The summed E-state index contributed by atoms with van der Waals surface area (Å²) in [6, 6.07) is 3.11. The van der Waals surface area contributed by atoms with Crippen molar-refractivity contribution in [2.24, 2.45) is 0 Å². The van der Waals surface area contributed by atoms with Crippen LogP contribution in [0.25, 0.3) is 0 Å². The van der Waals surface area contributed by atoms with E-state index in [1.165, 1.54) is 6.07 Å². The van der Waals surface area contributed by atoms with Crippen molar-refractivity contribution in [2.45, 2.75) is 39.2 Å². The monoisotopic (exact) mass is 269 g/mol. The molecular weight excluding hydrogens is 252 g/mol. The van der Waals surface area contributed by atoms with Crippen molar-refractivity contribution >= 4 is 11.7 Å². The van der Waals surface area contributed by atoms with Crippen LogP contribution in [0.3, 0.4) is 0 Å². The van der Waals surface area contributed by atoms with Gasteiger partial charge in [0.25, 0.3) is 0 Å². The Kier molecular flexibility index (Phi) is 5.60. The van der Waals surface area contributed by atoms with Gasteiger partial charge in [-0.25, -0.2) is 8.78 Å². The van der Waals surface area contributed by atoms with Crippen LogP contribution in [-0.4, -0.2) is 17.7 Å². The fraction of sp³-hybridized carbons (Fsp3) is 0.429. The number of amides is 1. The molecule has 1 amide bonds. The zero-order valence-electron chi connectivity index (χ0n) is 11.0. The second kappa shape index (κ2) is 6.97. The Morgan fingerprint density at radius 3 is 2.42 bits per heavy atom. The molecule has 0 fully saturated rings. The molecule has 0 radical (unpaired) electrons. The fourth-order valence-corrected chi connectivity index (χ4v) is 1.62. The maximum Gasteiger partial charge on any atom is 0.220 e. The topological polar surface area (TPSA) is 46.2 Å². The van der Waals surface area contributed by atoms with Crippen molar-refractivity contribution < 1.29 is 18.4 Å². The molecule has 1 aromatic rings. The Morgan fingerprint density at radius 1 is 1.16 bits per heavy atom. The summed E-state index contributed by atoms with van der Waals surface area (Å²) in [4.78, 5) is 23.0. The molecule has 1 rings (SSSR count). The summed E-state index contributed by atoms with van der Waals surface area (Å²) in [5, 5.41) is 2.71. The van der Waals surface area contributed by atoms with Crippen LogP contribution >= 0.6 is 0 Å². The van der Waals surface area contributed by atoms with Crippen molar-refractivity contribution in [3.8, 4) is 0 Å². The predicted octanol–water partition coefficient (Wildman–Crippen LogP) is 2.84. The molecular formula is C14H17F2NO2. The average Bonchev–Trinajstić information content (AvgIpc) is 2.31. The van der Waals surface area contributed by atoms with Gasteiger partial charge < -0.3 is 5.32 Å². The number of hydrogen-bond acceptors (Lipinski definition) is 2. The summed E-state index contributed by atoms with van der Waals surface area (Å²) in [6.45, 7) is 3.70. The molecule has 0 saturated carbocycles. The van der Waals surface area contributed by atoms with Crippen LogP contribution in [0, 0.1) is 11.6 Å². The van der Waals surface area contributed by atoms with Gasteiger partial charge in [0.15, 0.2) is 17.4 Å². The number of hydrogen-bond donors (Lipinski definition) is 1. The van der Waals surface area contributed by atoms with Crippen molar-refractivity contribution in [1.82, 2.24) is 5.32 Å². The lowest BCUT2D eigenvalue weighted by Crippen LogP contribution is -2.29. The lowest BCUT2D eigenvalue weighted by atomic mass is 10.1. The highest BCUT2D eigenvalue weighted by Gasteiger charge is 2.11. The lowest BCUT2D eigenvalue weighted by Gasteiger charge is -2.07. The first-order valence-electron chi connectivity index (χ1n) is 6.17. The van der Waals surface area contributed by atoms with E-state index in [0.717, 1.165) is 12.1 Å². The van der Waals surface area contributed by atoms with Gasteiger partial charge in [-0.2, -0.15) is 0 Å². The van der Waals surface area contributed by atoms with Crippen LogP contribution in [0.2, 0.25) is 0 Å². The number of ketones is 1. The summed E-state index contributed by atoms with van der Waals surface area (Å²) in [5.74, 6) is -2.43. The maximum atomic E-state index is 12.9. The van der Waals surface area contributed by atoms with E-state index in [0.29, 0.717) is 6.42 Å². The van der Waals surface area contributed by atoms with Gasteiger partial charge in [-0.3, -0.25) is 9.59 Å². The highest BCUT2D eigenvalue weighted by Crippen LogP contribution is 2.12. The zero-order chi connectivity index (χ0) is 14.4. The Labute approximate surface area is 111 Å². The van der Waals surface area contributed by atoms with Crippen LogP contribution < -0.4 is 5.32 Å². The molecule has 0 unspecified atom stereocenters. The van der Waals surface area contributed by atoms with E-state index >= 15 is 0 Å². The smallest absolute Gasteiger partial charge is 0.220 e. The van der Waals surface area contributed by atoms with E-state index in [9.17, 15) is 18.4 Å². The average molecular weight is 269 g/mol. The van der Waals surface area contributed by atoms with Crippen LogP contribution in [0.15, 0.2) is 18.2 Å². The quantitative estimate of drug-likeness (QED) is 0.807. The predicted molar refractivity (Wildman–Crippen MR) is 67.8 cm³/mol. The first-order valence-corrected chi connectivity index (χ1v) is 6.17. The standard InChI is InChI=1S/C14H17F2NO2/c1-9(2)17-14(19)5-3-4-13(18)10-6-7-11(15)12(16)8-10/h6-9H,3-5H2,1-2H3,(H,17,19). The van der Waals surface area contributed by atoms with Crippen LogP contribution in [0.4, 0.5) is 8.78 Å². The molecule has 0 aliphatic carbocycles. The van der Waals surface area contributed by atoms with Gasteiger partial charge in [0, 0.05) is 24.4 Å². The van der Waals surface area contributed by atoms with E-state index in [1.54, 1.807) is 0 Å². The van der Waals surface area contributed by atoms with Crippen LogP contribution in [0.1, 0.15) is 43.5 Å². The van der Waals surface area contributed by atoms with Crippen molar-refractivity contribution in [3.05, 3.63) is 35.4 Å². The number of benzene rings is 1. The Morgan fingerprint density at radius 2 is 1.84 bits per heavy atom. The highest BCUT2D eigenvalue weighted by atomic mass is 19.2.